The molecule has 196 valence electrons. The SMILES string of the molecule is c1ccc(-c2nc(-c3ccccc3)nc(-n3c4ccccc4c4ccc5c6ccc7cncnc7c6sc5c43)n2)cc1. The van der Waals surface area contributed by atoms with Gasteiger partial charge in [0.1, 0.15) is 6.33 Å². The molecule has 42 heavy (non-hydrogen) atoms. The molecule has 0 radical (unpaired) electrons. The van der Waals surface area contributed by atoms with Gasteiger partial charge in [-0.1, -0.05) is 103 Å². The van der Waals surface area contributed by atoms with E-state index in [0.29, 0.717) is 17.6 Å². The van der Waals surface area contributed by atoms with Crippen LogP contribution in [0.5, 0.6) is 0 Å². The summed E-state index contributed by atoms with van der Waals surface area (Å²) in [5.74, 6) is 1.86. The summed E-state index contributed by atoms with van der Waals surface area (Å²) >= 11 is 1.76. The molecule has 0 N–H and O–H groups in total. The third kappa shape index (κ3) is 3.41. The van der Waals surface area contributed by atoms with Gasteiger partial charge in [-0.2, -0.15) is 9.97 Å². The minimum absolute atomic E-state index is 0.589. The lowest BCUT2D eigenvalue weighted by molar-refractivity contribution is 0.955. The standard InChI is InChI=1S/C35H20N6S/c1-3-9-21(10-4-1)33-38-34(22-11-5-2-6-12-22)40-35(39-33)41-28-14-8-7-13-24(28)25-17-18-27-26-16-15-23-19-36-20-37-29(23)31(26)42-32(27)30(25)41/h1-20H. The Kier molecular flexibility index (Phi) is 4.97. The molecule has 0 fully saturated rings. The zero-order valence-electron chi connectivity index (χ0n) is 22.1. The fourth-order valence-electron chi connectivity index (χ4n) is 5.89. The molecule has 0 unspecified atom stereocenters. The monoisotopic (exact) mass is 556 g/mol. The predicted octanol–water partition coefficient (Wildman–Crippen LogP) is 8.61. The summed E-state index contributed by atoms with van der Waals surface area (Å²) in [6, 6.07) is 37.4. The van der Waals surface area contributed by atoms with Crippen molar-refractivity contribution in [3.63, 3.8) is 0 Å². The van der Waals surface area contributed by atoms with Crippen molar-refractivity contribution < 1.29 is 0 Å². The summed E-state index contributed by atoms with van der Waals surface area (Å²) < 4.78 is 4.53. The molecule has 0 bridgehead atoms. The van der Waals surface area contributed by atoms with Crippen molar-refractivity contribution in [3.8, 4) is 28.7 Å². The second-order valence-corrected chi connectivity index (χ2v) is 11.2. The van der Waals surface area contributed by atoms with E-state index in [-0.39, 0.29) is 0 Å². The Morgan fingerprint density at radius 1 is 0.548 bits per heavy atom. The summed E-state index contributed by atoms with van der Waals surface area (Å²) in [5, 5.41) is 5.72. The predicted molar refractivity (Wildman–Crippen MR) is 171 cm³/mol. The highest BCUT2D eigenvalue weighted by Crippen LogP contribution is 2.44. The number of thiophene rings is 1. The first-order chi connectivity index (χ1) is 20.8. The minimum atomic E-state index is 0.589. The molecule has 0 atom stereocenters. The van der Waals surface area contributed by atoms with Crippen molar-refractivity contribution in [2.75, 3.05) is 0 Å². The molecule has 0 aliphatic carbocycles. The molecule has 0 spiro atoms. The van der Waals surface area contributed by atoms with Gasteiger partial charge in [0.05, 0.1) is 25.9 Å². The lowest BCUT2D eigenvalue weighted by atomic mass is 10.1. The Morgan fingerprint density at radius 2 is 1.19 bits per heavy atom. The van der Waals surface area contributed by atoms with Gasteiger partial charge in [-0.3, -0.25) is 4.57 Å². The van der Waals surface area contributed by atoms with Gasteiger partial charge in [0.15, 0.2) is 11.6 Å². The van der Waals surface area contributed by atoms with E-state index in [1.807, 2.05) is 66.9 Å². The second-order valence-electron chi connectivity index (χ2n) is 10.2. The molecular formula is C35H20N6S. The topological polar surface area (TPSA) is 69.4 Å². The van der Waals surface area contributed by atoms with Gasteiger partial charge in [-0.05, 0) is 6.07 Å². The van der Waals surface area contributed by atoms with E-state index >= 15 is 0 Å². The highest BCUT2D eigenvalue weighted by atomic mass is 32.1. The first kappa shape index (κ1) is 23.2. The van der Waals surface area contributed by atoms with Crippen LogP contribution in [0.1, 0.15) is 0 Å². The highest BCUT2D eigenvalue weighted by molar-refractivity contribution is 7.27. The van der Waals surface area contributed by atoms with Crippen LogP contribution in [-0.2, 0) is 0 Å². The molecule has 4 aromatic heterocycles. The van der Waals surface area contributed by atoms with Gasteiger partial charge in [0.2, 0.25) is 5.95 Å². The Hall–Kier alpha value is -5.53. The maximum Gasteiger partial charge on any atom is 0.238 e. The number of rotatable bonds is 3. The molecule has 0 saturated heterocycles. The molecule has 0 saturated carbocycles. The van der Waals surface area contributed by atoms with Crippen molar-refractivity contribution in [3.05, 3.63) is 122 Å². The van der Waals surface area contributed by atoms with Crippen molar-refractivity contribution in [1.82, 2.24) is 29.5 Å². The normalized spacial score (nSPS) is 11.8. The summed E-state index contributed by atoms with van der Waals surface area (Å²) in [5.41, 5.74) is 4.99. The molecule has 9 aromatic rings. The number of aromatic nitrogens is 6. The first-order valence-electron chi connectivity index (χ1n) is 13.7. The van der Waals surface area contributed by atoms with Gasteiger partial charge in [0, 0.05) is 44.3 Å². The first-order valence-corrected chi connectivity index (χ1v) is 14.5. The van der Waals surface area contributed by atoms with Crippen LogP contribution in [0.2, 0.25) is 0 Å². The van der Waals surface area contributed by atoms with Gasteiger partial charge in [-0.25, -0.2) is 15.0 Å². The zero-order valence-corrected chi connectivity index (χ0v) is 23.0. The number of benzene rings is 5. The van der Waals surface area contributed by atoms with Crippen LogP contribution in [-0.4, -0.2) is 29.5 Å². The van der Waals surface area contributed by atoms with Crippen LogP contribution in [0.4, 0.5) is 0 Å². The summed E-state index contributed by atoms with van der Waals surface area (Å²) in [6.45, 7) is 0. The molecule has 6 nitrogen and oxygen atoms in total. The van der Waals surface area contributed by atoms with Crippen LogP contribution in [0.3, 0.4) is 0 Å². The molecule has 7 heteroatoms. The Morgan fingerprint density at radius 3 is 1.95 bits per heavy atom. The summed E-state index contributed by atoms with van der Waals surface area (Å²) in [7, 11) is 0. The van der Waals surface area contributed by atoms with E-state index in [0.717, 1.165) is 48.5 Å². The maximum absolute atomic E-state index is 5.11. The lowest BCUT2D eigenvalue weighted by Crippen LogP contribution is -2.06. The molecule has 0 aliphatic heterocycles. The minimum Gasteiger partial charge on any atom is -0.276 e. The summed E-state index contributed by atoms with van der Waals surface area (Å²) in [4.78, 5) is 24.0. The maximum atomic E-state index is 5.11. The van der Waals surface area contributed by atoms with E-state index in [1.165, 1.54) is 15.5 Å². The number of nitrogens with zero attached hydrogens (tertiary/aromatic N) is 6. The van der Waals surface area contributed by atoms with Gasteiger partial charge in [0.25, 0.3) is 0 Å². The number of hydrogen-bond donors (Lipinski definition) is 0. The Labute approximate surface area is 243 Å². The quantitative estimate of drug-likeness (QED) is 0.218. The zero-order chi connectivity index (χ0) is 27.6. The van der Waals surface area contributed by atoms with E-state index in [2.05, 4.69) is 63.1 Å². The van der Waals surface area contributed by atoms with E-state index in [4.69, 9.17) is 15.0 Å². The van der Waals surface area contributed by atoms with Crippen LogP contribution >= 0.6 is 11.3 Å². The molecule has 4 heterocycles. The largest absolute Gasteiger partial charge is 0.276 e. The third-order valence-electron chi connectivity index (χ3n) is 7.80. The Bertz CT molecular complexity index is 2410. The molecule has 5 aromatic carbocycles. The van der Waals surface area contributed by atoms with Crippen LogP contribution < -0.4 is 0 Å². The van der Waals surface area contributed by atoms with Crippen LogP contribution in [0.25, 0.3) is 81.6 Å². The molecule has 9 rings (SSSR count). The van der Waals surface area contributed by atoms with Crippen LogP contribution in [0.15, 0.2) is 122 Å². The van der Waals surface area contributed by atoms with Gasteiger partial charge < -0.3 is 0 Å². The van der Waals surface area contributed by atoms with Crippen molar-refractivity contribution >= 4 is 64.2 Å². The smallest absolute Gasteiger partial charge is 0.238 e. The number of hydrogen-bond acceptors (Lipinski definition) is 6. The summed E-state index contributed by atoms with van der Waals surface area (Å²) in [6.07, 6.45) is 3.50. The second kappa shape index (κ2) is 8.99. The third-order valence-corrected chi connectivity index (χ3v) is 9.04. The van der Waals surface area contributed by atoms with E-state index in [9.17, 15) is 0 Å². The van der Waals surface area contributed by atoms with Gasteiger partial charge in [-0.15, -0.1) is 11.3 Å². The average Bonchev–Trinajstić information content (AvgIpc) is 3.62. The fourth-order valence-corrected chi connectivity index (χ4v) is 7.24. The number of fused-ring (bicyclic) bond motifs is 9. The molecule has 0 amide bonds. The lowest BCUT2D eigenvalue weighted by Gasteiger charge is -2.11. The highest BCUT2D eigenvalue weighted by Gasteiger charge is 2.21. The van der Waals surface area contributed by atoms with Crippen molar-refractivity contribution in [2.45, 2.75) is 0 Å². The van der Waals surface area contributed by atoms with Crippen molar-refractivity contribution in [1.29, 1.82) is 0 Å². The Balaban J connectivity index is 1.44. The fraction of sp³-hybridized carbons (Fsp3) is 0. The molecular weight excluding hydrogens is 536 g/mol. The number of para-hydroxylation sites is 1. The van der Waals surface area contributed by atoms with Gasteiger partial charge >= 0.3 is 0 Å². The van der Waals surface area contributed by atoms with Crippen LogP contribution in [0, 0.1) is 0 Å². The van der Waals surface area contributed by atoms with E-state index in [1.54, 1.807) is 17.7 Å². The average molecular weight is 557 g/mol. The van der Waals surface area contributed by atoms with Crippen molar-refractivity contribution in [2.24, 2.45) is 0 Å². The molecule has 0 aliphatic rings. The van der Waals surface area contributed by atoms with E-state index < -0.39 is 0 Å².